The molecule has 0 bridgehead atoms. The molecule has 3 fully saturated rings. The third kappa shape index (κ3) is 5.53. The summed E-state index contributed by atoms with van der Waals surface area (Å²) in [5.74, 6) is 1.70. The molecule has 4 atom stereocenters. The molecule has 0 nitrogen and oxygen atoms in total. The van der Waals surface area contributed by atoms with Crippen LogP contribution in [0.2, 0.25) is 4.22 Å². The molecule has 4 unspecified atom stereocenters. The zero-order chi connectivity index (χ0) is 21.3. The topological polar surface area (TPSA) is 0 Å². The predicted molar refractivity (Wildman–Crippen MR) is 136 cm³/mol. The molecule has 3 saturated carbocycles. The molecule has 0 heterocycles. The molecule has 0 spiro atoms. The van der Waals surface area contributed by atoms with Crippen LogP contribution in [-0.2, 0) is 19.2 Å². The van der Waals surface area contributed by atoms with Crippen LogP contribution in [0, 0.1) is 11.8 Å². The van der Waals surface area contributed by atoms with Gasteiger partial charge < -0.3 is 24.8 Å². The van der Waals surface area contributed by atoms with E-state index in [0.717, 1.165) is 31.6 Å². The molecule has 1 aromatic rings. The monoisotopic (exact) mass is 548 g/mol. The first-order chi connectivity index (χ1) is 15.9. The zero-order valence-electron chi connectivity index (χ0n) is 20.3. The van der Waals surface area contributed by atoms with E-state index in [1.165, 1.54) is 77.0 Å². The Hall–Kier alpha value is 0.164. The second kappa shape index (κ2) is 12.6. The van der Waals surface area contributed by atoms with Gasteiger partial charge in [-0.3, -0.25) is 0 Å². The maximum absolute atomic E-state index is 2.77. The number of rotatable bonds is 5. The second-order valence-corrected chi connectivity index (χ2v) is 16.4. The summed E-state index contributed by atoms with van der Waals surface area (Å²) < 4.78 is 1.83. The van der Waals surface area contributed by atoms with Crippen molar-refractivity contribution in [2.45, 2.75) is 96.8 Å². The largest absolute Gasteiger partial charge is 1.00 e. The SMILES string of the molecule is C1=CC2CC[CH]([Ti+2][CH]3C(P(C4CCCCC4)C4CCCCC4)=Cc4ccccc43)C2C=C1.[Cl-].[Cl-]. The summed E-state index contributed by atoms with van der Waals surface area (Å²) >= 11 is -0.0475. The van der Waals surface area contributed by atoms with E-state index in [2.05, 4.69) is 54.6 Å². The fourth-order valence-electron chi connectivity index (χ4n) is 7.51. The number of benzene rings is 1. The summed E-state index contributed by atoms with van der Waals surface area (Å²) in [4.78, 5) is 0. The minimum absolute atomic E-state index is 0. The van der Waals surface area contributed by atoms with Crippen molar-refractivity contribution in [2.75, 3.05) is 0 Å². The van der Waals surface area contributed by atoms with Crippen LogP contribution in [0.1, 0.15) is 92.4 Å². The Morgan fingerprint density at radius 2 is 1.35 bits per heavy atom. The van der Waals surface area contributed by atoms with E-state index in [0.29, 0.717) is 0 Å². The summed E-state index contributed by atoms with van der Waals surface area (Å²) in [7, 11) is 0.0371. The fourth-order valence-corrected chi connectivity index (χ4v) is 15.7. The molecule has 0 saturated heterocycles. The number of fused-ring (bicyclic) bond motifs is 2. The van der Waals surface area contributed by atoms with E-state index in [1.54, 1.807) is 11.1 Å². The molecular weight excluding hydrogens is 510 g/mol. The van der Waals surface area contributed by atoms with Gasteiger partial charge in [0, 0.05) is 0 Å². The second-order valence-electron chi connectivity index (χ2n) is 11.0. The Balaban J connectivity index is 0.00000137. The van der Waals surface area contributed by atoms with Crippen molar-refractivity contribution < 1.29 is 44.0 Å². The Labute approximate surface area is 230 Å². The van der Waals surface area contributed by atoms with Crippen LogP contribution >= 0.6 is 7.92 Å². The maximum Gasteiger partial charge on any atom is -1.00 e. The van der Waals surface area contributed by atoms with Crippen molar-refractivity contribution in [3.8, 4) is 0 Å². The van der Waals surface area contributed by atoms with Crippen molar-refractivity contribution in [2.24, 2.45) is 11.8 Å². The molecule has 5 aliphatic rings. The van der Waals surface area contributed by atoms with E-state index < -0.39 is 0 Å². The van der Waals surface area contributed by atoms with Gasteiger partial charge in [-0.05, 0) is 0 Å². The number of allylic oxidation sites excluding steroid dienone is 5. The van der Waals surface area contributed by atoms with Crippen molar-refractivity contribution in [1.29, 1.82) is 0 Å². The Morgan fingerprint density at radius 3 is 2.06 bits per heavy atom. The van der Waals surface area contributed by atoms with Gasteiger partial charge in [-0.1, -0.05) is 0 Å². The van der Waals surface area contributed by atoms with E-state index in [9.17, 15) is 0 Å². The molecule has 0 N–H and O–H groups in total. The van der Waals surface area contributed by atoms with Crippen LogP contribution < -0.4 is 24.8 Å². The minimum atomic E-state index is -0.0475. The number of hydrogen-bond acceptors (Lipinski definition) is 0. The summed E-state index contributed by atoms with van der Waals surface area (Å²) in [6.45, 7) is 0. The van der Waals surface area contributed by atoms with Crippen molar-refractivity contribution >= 4 is 14.0 Å². The molecule has 182 valence electrons. The maximum atomic E-state index is 2.77. The average Bonchev–Trinajstić information content (AvgIpc) is 3.43. The van der Waals surface area contributed by atoms with Crippen molar-refractivity contribution in [1.82, 2.24) is 0 Å². The molecule has 0 radical (unpaired) electrons. The number of halogens is 2. The van der Waals surface area contributed by atoms with Gasteiger partial charge in [0.25, 0.3) is 0 Å². The summed E-state index contributed by atoms with van der Waals surface area (Å²) in [5, 5.41) is 2.00. The summed E-state index contributed by atoms with van der Waals surface area (Å²) in [5.41, 5.74) is 5.40. The molecular formula is C30H39Cl2PTi. The van der Waals surface area contributed by atoms with Crippen LogP contribution in [-0.4, -0.2) is 11.3 Å². The van der Waals surface area contributed by atoms with Gasteiger partial charge in [0.05, 0.1) is 0 Å². The Kier molecular flexibility index (Phi) is 10.1. The van der Waals surface area contributed by atoms with Crippen LogP contribution in [0.15, 0.2) is 53.9 Å². The van der Waals surface area contributed by atoms with Gasteiger partial charge in [0.2, 0.25) is 0 Å². The van der Waals surface area contributed by atoms with E-state index >= 15 is 0 Å². The van der Waals surface area contributed by atoms with Crippen molar-refractivity contribution in [3.63, 3.8) is 0 Å². The van der Waals surface area contributed by atoms with Crippen LogP contribution in [0.3, 0.4) is 0 Å². The third-order valence-corrected chi connectivity index (χ3v) is 16.3. The zero-order valence-corrected chi connectivity index (χ0v) is 24.3. The number of hydrogen-bond donors (Lipinski definition) is 0. The Bertz CT molecular complexity index is 879. The molecule has 5 aliphatic carbocycles. The molecule has 6 rings (SSSR count). The Morgan fingerprint density at radius 1 is 0.706 bits per heavy atom. The average molecular weight is 549 g/mol. The summed E-state index contributed by atoms with van der Waals surface area (Å²) in [6.07, 6.45) is 30.6. The molecule has 0 aliphatic heterocycles. The van der Waals surface area contributed by atoms with Gasteiger partial charge in [0.15, 0.2) is 0 Å². The van der Waals surface area contributed by atoms with E-state index in [-0.39, 0.29) is 51.9 Å². The van der Waals surface area contributed by atoms with Gasteiger partial charge in [-0.25, -0.2) is 0 Å². The predicted octanol–water partition coefficient (Wildman–Crippen LogP) is 3.26. The van der Waals surface area contributed by atoms with Gasteiger partial charge in [-0.2, -0.15) is 0 Å². The van der Waals surface area contributed by atoms with E-state index in [4.69, 9.17) is 0 Å². The first-order valence-corrected chi connectivity index (χ1v) is 16.9. The van der Waals surface area contributed by atoms with E-state index in [1.807, 2.05) is 5.31 Å². The van der Waals surface area contributed by atoms with Gasteiger partial charge >= 0.3 is 207 Å². The standard InChI is InChI=1S/C21H28P.C9H11.2ClH.Ti/c1-3-11-19(12-4-1)22(20-13-5-2-6-14-20)21-15-17-9-7-8-10-18(17)16-21;1-2-5-9-7-3-6-8(9)4-1;;;/h7-10,15-16,19-20H,1-6,11-14H2;1-2,4-6,8-9H,3,7H2;2*1H;/q;;;;+2/p-2. The quantitative estimate of drug-likeness (QED) is 0.391. The van der Waals surface area contributed by atoms with Gasteiger partial charge in [0.1, 0.15) is 0 Å². The first-order valence-electron chi connectivity index (χ1n) is 13.6. The molecule has 1 aromatic carbocycles. The third-order valence-electron chi connectivity index (χ3n) is 9.09. The van der Waals surface area contributed by atoms with Crippen molar-refractivity contribution in [3.05, 3.63) is 65.0 Å². The molecule has 34 heavy (non-hydrogen) atoms. The normalized spacial score (nSPS) is 30.7. The minimum Gasteiger partial charge on any atom is -1.00 e. The van der Waals surface area contributed by atoms with Crippen LogP contribution in [0.5, 0.6) is 0 Å². The van der Waals surface area contributed by atoms with Crippen LogP contribution in [0.4, 0.5) is 0 Å². The summed E-state index contributed by atoms with van der Waals surface area (Å²) in [6, 6.07) is 9.58. The smallest absolute Gasteiger partial charge is 1.00 e. The fraction of sp³-hybridized carbons (Fsp3) is 0.600. The van der Waals surface area contributed by atoms with Crippen LogP contribution in [0.25, 0.3) is 6.08 Å². The molecule has 0 amide bonds. The first kappa shape index (κ1) is 27.2. The van der Waals surface area contributed by atoms with Gasteiger partial charge in [-0.15, -0.1) is 0 Å². The molecule has 4 heteroatoms. The molecule has 0 aromatic heterocycles.